The van der Waals surface area contributed by atoms with Gasteiger partial charge in [0.15, 0.2) is 0 Å². The summed E-state index contributed by atoms with van der Waals surface area (Å²) < 4.78 is 19.2. The van der Waals surface area contributed by atoms with Crippen LogP contribution in [0.2, 0.25) is 0 Å². The molecule has 0 radical (unpaired) electrons. The van der Waals surface area contributed by atoms with Crippen LogP contribution in [0.4, 0.5) is 9.59 Å². The molecule has 0 N–H and O–H groups in total. The number of aromatic nitrogens is 2. The van der Waals surface area contributed by atoms with Gasteiger partial charge in [0.1, 0.15) is 12.4 Å². The Morgan fingerprint density at radius 3 is 2.02 bits per heavy atom. The summed E-state index contributed by atoms with van der Waals surface area (Å²) in [5, 5.41) is 0.868. The van der Waals surface area contributed by atoms with Crippen LogP contribution in [0.15, 0.2) is 29.1 Å². The second-order valence-corrected chi connectivity index (χ2v) is 16.7. The zero-order chi connectivity index (χ0) is 38.6. The number of cyclic esters (lactones) is 1. The molecular formula is C43H54N6O7. The molecule has 13 heteroatoms. The molecule has 0 spiro atoms. The highest BCUT2D eigenvalue weighted by Gasteiger charge is 2.49. The molecule has 298 valence electrons. The largest absolute Gasteiger partial charge is 0.457 e. The van der Waals surface area contributed by atoms with Crippen molar-refractivity contribution in [3.05, 3.63) is 56.9 Å². The third-order valence-electron chi connectivity index (χ3n) is 13.5. The summed E-state index contributed by atoms with van der Waals surface area (Å²) in [4.78, 5) is 68.3. The van der Waals surface area contributed by atoms with Gasteiger partial charge >= 0.3 is 18.2 Å². The fourth-order valence-corrected chi connectivity index (χ4v) is 10.2. The number of piperidine rings is 4. The number of esters is 1. The van der Waals surface area contributed by atoms with Gasteiger partial charge in [0.2, 0.25) is 5.60 Å². The number of amides is 2. The maximum atomic E-state index is 14.2. The van der Waals surface area contributed by atoms with Crippen LogP contribution in [0.5, 0.6) is 5.75 Å². The van der Waals surface area contributed by atoms with Crippen molar-refractivity contribution in [2.75, 3.05) is 52.4 Å². The number of hydrogen-bond acceptors (Lipinski definition) is 10. The molecule has 0 bridgehead atoms. The van der Waals surface area contributed by atoms with Crippen LogP contribution in [0, 0.1) is 0 Å². The van der Waals surface area contributed by atoms with Gasteiger partial charge in [0, 0.05) is 54.8 Å². The van der Waals surface area contributed by atoms with Crippen LogP contribution < -0.4 is 10.3 Å². The minimum atomic E-state index is -1.79. The predicted molar refractivity (Wildman–Crippen MR) is 210 cm³/mol. The van der Waals surface area contributed by atoms with Crippen molar-refractivity contribution in [2.45, 2.75) is 115 Å². The van der Waals surface area contributed by atoms with E-state index in [1.807, 2.05) is 17.0 Å². The first-order valence-electron chi connectivity index (χ1n) is 21.0. The molecule has 2 amide bonds. The van der Waals surface area contributed by atoms with Gasteiger partial charge < -0.3 is 38.4 Å². The van der Waals surface area contributed by atoms with E-state index in [2.05, 4.69) is 16.7 Å². The topological polar surface area (TPSA) is 127 Å². The van der Waals surface area contributed by atoms with Crippen molar-refractivity contribution in [3.8, 4) is 17.1 Å². The average Bonchev–Trinajstić information content (AvgIpc) is 3.60. The molecule has 9 rings (SSSR count). The molecule has 56 heavy (non-hydrogen) atoms. The highest BCUT2D eigenvalue weighted by atomic mass is 16.6. The number of carbonyl (C=O) groups is 3. The Labute approximate surface area is 327 Å². The smallest absolute Gasteiger partial charge is 0.415 e. The van der Waals surface area contributed by atoms with Gasteiger partial charge in [0.25, 0.3) is 5.56 Å². The van der Waals surface area contributed by atoms with Crippen molar-refractivity contribution in [2.24, 2.45) is 0 Å². The molecule has 6 aliphatic heterocycles. The number of carbonyl (C=O) groups excluding carboxylic acids is 3. The van der Waals surface area contributed by atoms with Crippen LogP contribution in [0.1, 0.15) is 100 Å². The number of ether oxygens (including phenoxy) is 3. The number of rotatable bonds is 5. The van der Waals surface area contributed by atoms with E-state index in [1.165, 1.54) is 45.4 Å². The number of hydrogen-bond donors (Lipinski definition) is 0. The summed E-state index contributed by atoms with van der Waals surface area (Å²) in [6, 6.07) is 8.30. The molecule has 6 aliphatic rings. The predicted octanol–water partition coefficient (Wildman–Crippen LogP) is 5.80. The Kier molecular flexibility index (Phi) is 10.0. The molecule has 1 atom stereocenters. The number of benzene rings is 1. The van der Waals surface area contributed by atoms with Gasteiger partial charge in [0.05, 0.1) is 29.0 Å². The third-order valence-corrected chi connectivity index (χ3v) is 13.5. The van der Waals surface area contributed by atoms with Gasteiger partial charge in [-0.1, -0.05) is 19.8 Å². The van der Waals surface area contributed by atoms with E-state index < -0.39 is 17.7 Å². The fraction of sp³-hybridized carbons (Fsp3) is 0.605. The molecule has 3 aromatic rings. The van der Waals surface area contributed by atoms with Crippen LogP contribution in [-0.2, 0) is 39.4 Å². The highest BCUT2D eigenvalue weighted by Crippen LogP contribution is 2.41. The van der Waals surface area contributed by atoms with E-state index in [1.54, 1.807) is 21.6 Å². The van der Waals surface area contributed by atoms with E-state index in [9.17, 15) is 19.2 Å². The lowest BCUT2D eigenvalue weighted by Crippen LogP contribution is -2.51. The lowest BCUT2D eigenvalue weighted by atomic mass is 9.89. The minimum Gasteiger partial charge on any atom is -0.457 e. The van der Waals surface area contributed by atoms with Crippen molar-refractivity contribution in [1.82, 2.24) is 29.2 Å². The van der Waals surface area contributed by atoms with Crippen LogP contribution in [0.25, 0.3) is 22.3 Å². The first-order valence-corrected chi connectivity index (χ1v) is 21.0. The first kappa shape index (κ1) is 37.1. The summed E-state index contributed by atoms with van der Waals surface area (Å²) in [5.74, 6) is -0.234. The Morgan fingerprint density at radius 1 is 0.804 bits per heavy atom. The molecule has 4 fully saturated rings. The zero-order valence-electron chi connectivity index (χ0n) is 32.9. The Bertz CT molecular complexity index is 2090. The maximum Gasteiger partial charge on any atom is 0.415 e. The number of fused-ring (bicyclic) bond motifs is 5. The van der Waals surface area contributed by atoms with Gasteiger partial charge in [-0.2, -0.15) is 0 Å². The van der Waals surface area contributed by atoms with Crippen molar-refractivity contribution in [3.63, 3.8) is 0 Å². The van der Waals surface area contributed by atoms with Gasteiger partial charge in [-0.25, -0.2) is 19.4 Å². The summed E-state index contributed by atoms with van der Waals surface area (Å²) in [6.45, 7) is 10.7. The molecular weight excluding hydrogens is 713 g/mol. The van der Waals surface area contributed by atoms with E-state index in [-0.39, 0.29) is 18.3 Å². The normalized spacial score (nSPS) is 23.7. The van der Waals surface area contributed by atoms with Crippen LogP contribution >= 0.6 is 0 Å². The molecule has 2 aromatic heterocycles. The van der Waals surface area contributed by atoms with Crippen LogP contribution in [0.3, 0.4) is 0 Å². The summed E-state index contributed by atoms with van der Waals surface area (Å²) in [7, 11) is 0. The molecule has 8 heterocycles. The molecule has 4 saturated heterocycles. The molecule has 13 nitrogen and oxygen atoms in total. The van der Waals surface area contributed by atoms with Gasteiger partial charge in [-0.05, 0) is 121 Å². The van der Waals surface area contributed by atoms with Crippen LogP contribution in [-0.4, -0.2) is 112 Å². The fourth-order valence-electron chi connectivity index (χ4n) is 10.2. The van der Waals surface area contributed by atoms with E-state index >= 15 is 0 Å². The lowest BCUT2D eigenvalue weighted by Gasteiger charge is -2.41. The molecule has 0 saturated carbocycles. The van der Waals surface area contributed by atoms with Crippen molar-refractivity contribution < 1.29 is 28.6 Å². The van der Waals surface area contributed by atoms with Gasteiger partial charge in [-0.15, -0.1) is 0 Å². The van der Waals surface area contributed by atoms with E-state index in [0.29, 0.717) is 85.0 Å². The van der Waals surface area contributed by atoms with Gasteiger partial charge in [-0.3, -0.25) is 4.79 Å². The second kappa shape index (κ2) is 15.1. The minimum absolute atomic E-state index is 0.196. The zero-order valence-corrected chi connectivity index (χ0v) is 32.9. The van der Waals surface area contributed by atoms with Crippen molar-refractivity contribution >= 4 is 29.1 Å². The Balaban J connectivity index is 0.943. The summed E-state index contributed by atoms with van der Waals surface area (Å²) in [6.07, 6.45) is 11.0. The highest BCUT2D eigenvalue weighted by molar-refractivity contribution is 5.91. The quantitative estimate of drug-likeness (QED) is 0.230. The van der Waals surface area contributed by atoms with E-state index in [4.69, 9.17) is 19.2 Å². The molecule has 0 aliphatic carbocycles. The molecule has 0 unspecified atom stereocenters. The maximum absolute atomic E-state index is 14.2. The molecule has 1 aromatic carbocycles. The number of likely N-dealkylation sites (tertiary alicyclic amines) is 4. The Hall–Kier alpha value is -4.49. The number of aryl methyl sites for hydroxylation is 1. The monoisotopic (exact) mass is 766 g/mol. The summed E-state index contributed by atoms with van der Waals surface area (Å²) in [5.41, 5.74) is 2.42. The SMILES string of the molecule is CCc1c2c(nc3ccc(OC(=O)N4CCC(N5CCCCC5)CC4)cc13)-c1cc3c(c(=O)n1C2)COC(=O)[C@@]3(C)OC(=O)N1CCC(N2CCCCC2)CC1. The first-order chi connectivity index (χ1) is 27.2. The second-order valence-electron chi connectivity index (χ2n) is 16.7. The average molecular weight is 767 g/mol. The summed E-state index contributed by atoms with van der Waals surface area (Å²) >= 11 is 0. The standard InChI is InChI=1S/C43H54N6O7/c1-3-31-32-24-30(55-41(52)47-20-12-28(13-21-47)45-16-6-4-7-17-45)10-11-36(32)44-38-33(31)26-49-37(38)25-35-34(39(49)50)27-54-40(51)43(35,2)56-42(53)48-22-14-29(15-23-48)46-18-8-5-9-19-46/h10-11,24-25,28-29H,3-9,12-23,26-27H2,1-2H3/t43-/m0/s1. The van der Waals surface area contributed by atoms with Crippen molar-refractivity contribution in [1.29, 1.82) is 0 Å². The van der Waals surface area contributed by atoms with E-state index in [0.717, 1.165) is 68.4 Å². The third kappa shape index (κ3) is 6.64. The number of pyridine rings is 2. The Morgan fingerprint density at radius 2 is 1.41 bits per heavy atom. The lowest BCUT2D eigenvalue weighted by molar-refractivity contribution is -0.171. The number of nitrogens with zero attached hydrogens (tertiary/aromatic N) is 6.